The summed E-state index contributed by atoms with van der Waals surface area (Å²) in [5.74, 6) is 0.347. The van der Waals surface area contributed by atoms with Crippen LogP contribution in [0.15, 0.2) is 36.7 Å². The molecule has 3 aromatic rings. The molecule has 84 valence electrons. The van der Waals surface area contributed by atoms with Gasteiger partial charge in [-0.15, -0.1) is 5.10 Å². The quantitative estimate of drug-likeness (QED) is 0.642. The lowest BCUT2D eigenvalue weighted by Crippen LogP contribution is -2.01. The van der Waals surface area contributed by atoms with Gasteiger partial charge in [0.25, 0.3) is 0 Å². The first-order valence-corrected chi connectivity index (χ1v) is 5.44. The number of hydrogen-bond acceptors (Lipinski definition) is 4. The van der Waals surface area contributed by atoms with Gasteiger partial charge in [0.15, 0.2) is 0 Å². The average molecular weight is 243 g/mol. The molecule has 3 N–H and O–H groups in total. The molecule has 17 heavy (non-hydrogen) atoms. The summed E-state index contributed by atoms with van der Waals surface area (Å²) < 4.78 is 2.18. The van der Waals surface area contributed by atoms with Gasteiger partial charge in [-0.3, -0.25) is 9.55 Å². The van der Waals surface area contributed by atoms with E-state index in [0.717, 1.165) is 16.5 Å². The molecule has 0 bridgehead atoms. The van der Waals surface area contributed by atoms with Crippen LogP contribution in [-0.4, -0.2) is 19.7 Å². The maximum Gasteiger partial charge on any atom is 0.225 e. The van der Waals surface area contributed by atoms with Gasteiger partial charge in [0, 0.05) is 23.2 Å². The number of nitrogens with zero attached hydrogens (tertiary/aromatic N) is 3. The van der Waals surface area contributed by atoms with Gasteiger partial charge in [0.1, 0.15) is 0 Å². The smallest absolute Gasteiger partial charge is 0.225 e. The number of H-pyrrole nitrogens is 1. The minimum absolute atomic E-state index is 0.347. The van der Waals surface area contributed by atoms with Gasteiger partial charge in [0.05, 0.1) is 5.69 Å². The zero-order valence-electron chi connectivity index (χ0n) is 8.79. The number of anilines is 1. The molecule has 0 atom stereocenters. The second-order valence-electron chi connectivity index (χ2n) is 3.60. The first-order chi connectivity index (χ1) is 8.27. The van der Waals surface area contributed by atoms with Crippen molar-refractivity contribution in [2.75, 3.05) is 5.73 Å². The Morgan fingerprint density at radius 2 is 2.18 bits per heavy atom. The van der Waals surface area contributed by atoms with E-state index < -0.39 is 0 Å². The van der Waals surface area contributed by atoms with E-state index in [1.54, 1.807) is 17.0 Å². The van der Waals surface area contributed by atoms with Crippen LogP contribution in [0, 0.1) is 4.77 Å². The molecule has 6 heteroatoms. The number of nitrogen functional groups attached to an aromatic ring is 1. The highest BCUT2D eigenvalue weighted by Crippen LogP contribution is 2.22. The number of fused-ring (bicyclic) bond motifs is 1. The van der Waals surface area contributed by atoms with E-state index in [2.05, 4.69) is 15.2 Å². The highest BCUT2D eigenvalue weighted by Gasteiger charge is 2.07. The number of rotatable bonds is 1. The van der Waals surface area contributed by atoms with Gasteiger partial charge in [0.2, 0.25) is 10.7 Å². The summed E-state index contributed by atoms with van der Waals surface area (Å²) in [4.78, 5) is 4.09. The fourth-order valence-electron chi connectivity index (χ4n) is 1.84. The molecule has 0 radical (unpaired) electrons. The van der Waals surface area contributed by atoms with Gasteiger partial charge in [-0.2, -0.15) is 0 Å². The minimum Gasteiger partial charge on any atom is -0.368 e. The number of nitrogens with one attached hydrogen (secondary N) is 1. The number of aromatic nitrogens is 4. The van der Waals surface area contributed by atoms with Gasteiger partial charge >= 0.3 is 0 Å². The third kappa shape index (κ3) is 1.50. The highest BCUT2D eigenvalue weighted by atomic mass is 32.1. The van der Waals surface area contributed by atoms with E-state index in [9.17, 15) is 0 Å². The molecule has 0 saturated carbocycles. The molecular weight excluding hydrogens is 234 g/mol. The predicted molar refractivity (Wildman–Crippen MR) is 68.5 cm³/mol. The van der Waals surface area contributed by atoms with Crippen molar-refractivity contribution in [2.24, 2.45) is 0 Å². The first kappa shape index (κ1) is 9.98. The Balaban J connectivity index is 2.43. The molecule has 2 aromatic heterocycles. The number of hydrogen-bond donors (Lipinski definition) is 2. The lowest BCUT2D eigenvalue weighted by atomic mass is 10.1. The van der Waals surface area contributed by atoms with E-state index in [0.29, 0.717) is 10.7 Å². The Bertz CT molecular complexity index is 737. The van der Waals surface area contributed by atoms with Crippen LogP contribution in [0.1, 0.15) is 0 Å². The molecule has 3 rings (SSSR count). The van der Waals surface area contributed by atoms with Gasteiger partial charge in [-0.1, -0.05) is 12.1 Å². The maximum atomic E-state index is 5.80. The standard InChI is InChI=1S/C11H9N5S/c12-10-14-15-11(17)16(10)9-3-1-2-7-6-13-5-4-8(7)9/h1-6H,(H2,12,14)(H,15,17). The minimum atomic E-state index is 0.347. The Morgan fingerprint density at radius 3 is 2.94 bits per heavy atom. The second-order valence-corrected chi connectivity index (χ2v) is 3.98. The molecule has 0 saturated heterocycles. The van der Waals surface area contributed by atoms with Gasteiger partial charge in [-0.25, -0.2) is 5.10 Å². The highest BCUT2D eigenvalue weighted by molar-refractivity contribution is 7.71. The van der Waals surface area contributed by atoms with Crippen LogP contribution in [0.3, 0.4) is 0 Å². The number of pyridine rings is 1. The molecule has 0 aliphatic carbocycles. The van der Waals surface area contributed by atoms with Crippen molar-refractivity contribution in [3.63, 3.8) is 0 Å². The van der Waals surface area contributed by atoms with Crippen LogP contribution in [0.5, 0.6) is 0 Å². The maximum absolute atomic E-state index is 5.80. The topological polar surface area (TPSA) is 72.5 Å². The Kier molecular flexibility index (Phi) is 2.15. The van der Waals surface area contributed by atoms with Crippen molar-refractivity contribution in [2.45, 2.75) is 0 Å². The van der Waals surface area contributed by atoms with E-state index >= 15 is 0 Å². The summed E-state index contributed by atoms with van der Waals surface area (Å²) in [5, 5.41) is 8.65. The summed E-state index contributed by atoms with van der Waals surface area (Å²) in [7, 11) is 0. The van der Waals surface area contributed by atoms with Gasteiger partial charge < -0.3 is 5.73 Å². The van der Waals surface area contributed by atoms with Crippen LogP contribution >= 0.6 is 12.2 Å². The van der Waals surface area contributed by atoms with E-state index in [1.165, 1.54) is 0 Å². The summed E-state index contributed by atoms with van der Waals surface area (Å²) in [5.41, 5.74) is 6.71. The van der Waals surface area contributed by atoms with Crippen LogP contribution in [0.4, 0.5) is 5.95 Å². The lowest BCUT2D eigenvalue weighted by Gasteiger charge is -2.07. The molecule has 0 fully saturated rings. The normalized spacial score (nSPS) is 10.8. The Labute approximate surface area is 102 Å². The molecule has 2 heterocycles. The fraction of sp³-hybridized carbons (Fsp3) is 0. The van der Waals surface area contributed by atoms with Crippen molar-refractivity contribution in [1.82, 2.24) is 19.7 Å². The summed E-state index contributed by atoms with van der Waals surface area (Å²) in [6, 6.07) is 7.81. The zero-order chi connectivity index (χ0) is 11.8. The lowest BCUT2D eigenvalue weighted by molar-refractivity contribution is 1.05. The molecule has 1 aromatic carbocycles. The molecular formula is C11H9N5S. The SMILES string of the molecule is Nc1n[nH]c(=S)n1-c1cccc2cnccc12. The fourth-order valence-corrected chi connectivity index (χ4v) is 2.08. The zero-order valence-corrected chi connectivity index (χ0v) is 9.61. The number of aromatic amines is 1. The molecule has 0 aliphatic rings. The number of benzene rings is 1. The molecule has 0 amide bonds. The molecule has 0 aliphatic heterocycles. The van der Waals surface area contributed by atoms with E-state index in [1.807, 2.05) is 24.3 Å². The predicted octanol–water partition coefficient (Wildman–Crippen LogP) is 2.06. The summed E-state index contributed by atoms with van der Waals surface area (Å²) >= 11 is 5.17. The van der Waals surface area contributed by atoms with Crippen molar-refractivity contribution in [3.05, 3.63) is 41.4 Å². The van der Waals surface area contributed by atoms with E-state index in [4.69, 9.17) is 18.0 Å². The summed E-state index contributed by atoms with van der Waals surface area (Å²) in [6.07, 6.45) is 3.55. The van der Waals surface area contributed by atoms with Crippen molar-refractivity contribution >= 4 is 28.9 Å². The van der Waals surface area contributed by atoms with Crippen molar-refractivity contribution < 1.29 is 0 Å². The van der Waals surface area contributed by atoms with E-state index in [-0.39, 0.29) is 0 Å². The third-order valence-corrected chi connectivity index (χ3v) is 2.87. The Hall–Kier alpha value is -2.21. The van der Waals surface area contributed by atoms with Crippen LogP contribution in [0.2, 0.25) is 0 Å². The molecule has 0 unspecified atom stereocenters. The third-order valence-electron chi connectivity index (χ3n) is 2.60. The Morgan fingerprint density at radius 1 is 1.29 bits per heavy atom. The first-order valence-electron chi connectivity index (χ1n) is 5.03. The molecule has 0 spiro atoms. The largest absolute Gasteiger partial charge is 0.368 e. The van der Waals surface area contributed by atoms with Crippen LogP contribution in [0.25, 0.3) is 16.5 Å². The molecule has 5 nitrogen and oxygen atoms in total. The second kappa shape index (κ2) is 3.67. The van der Waals surface area contributed by atoms with Crippen LogP contribution in [-0.2, 0) is 0 Å². The monoisotopic (exact) mass is 243 g/mol. The average Bonchev–Trinajstić information content (AvgIpc) is 2.69. The van der Waals surface area contributed by atoms with Crippen molar-refractivity contribution in [3.8, 4) is 5.69 Å². The summed E-state index contributed by atoms with van der Waals surface area (Å²) in [6.45, 7) is 0. The van der Waals surface area contributed by atoms with Crippen LogP contribution < -0.4 is 5.73 Å². The van der Waals surface area contributed by atoms with Gasteiger partial charge in [-0.05, 0) is 24.4 Å². The van der Waals surface area contributed by atoms with Crippen molar-refractivity contribution in [1.29, 1.82) is 0 Å². The number of nitrogens with two attached hydrogens (primary N) is 1.